The average Bonchev–Trinajstić information content (AvgIpc) is 3.06. The minimum Gasteiger partial charge on any atom is -0.352 e. The molecule has 1 atom stereocenters. The van der Waals surface area contributed by atoms with Crippen molar-refractivity contribution in [2.24, 2.45) is 0 Å². The molecule has 9 heteroatoms. The van der Waals surface area contributed by atoms with E-state index in [1.807, 2.05) is 32.0 Å². The first-order chi connectivity index (χ1) is 17.1. The highest BCUT2D eigenvalue weighted by Gasteiger charge is 2.35. The summed E-state index contributed by atoms with van der Waals surface area (Å²) in [4.78, 5) is 27.7. The van der Waals surface area contributed by atoms with Gasteiger partial charge in [0, 0.05) is 30.9 Å². The molecule has 0 fully saturated rings. The van der Waals surface area contributed by atoms with Gasteiger partial charge in [0.05, 0.1) is 10.6 Å². The van der Waals surface area contributed by atoms with Gasteiger partial charge in [0.2, 0.25) is 11.8 Å². The van der Waals surface area contributed by atoms with E-state index in [0.29, 0.717) is 16.6 Å². The van der Waals surface area contributed by atoms with E-state index in [9.17, 15) is 22.4 Å². The molecular formula is C27H30FN3O4S. The minimum atomic E-state index is -3.70. The van der Waals surface area contributed by atoms with Crippen LogP contribution in [0.4, 0.5) is 10.1 Å². The van der Waals surface area contributed by atoms with Gasteiger partial charge in [-0.25, -0.2) is 12.8 Å². The molecular weight excluding hydrogens is 481 g/mol. The number of rotatable bonds is 9. The smallest absolute Gasteiger partial charge is 0.265 e. The van der Waals surface area contributed by atoms with Crippen LogP contribution in [-0.4, -0.2) is 43.8 Å². The summed E-state index contributed by atoms with van der Waals surface area (Å²) >= 11 is 0. The molecule has 0 aromatic heterocycles. The largest absolute Gasteiger partial charge is 0.352 e. The fourth-order valence-electron chi connectivity index (χ4n) is 4.49. The van der Waals surface area contributed by atoms with Crippen LogP contribution in [0.3, 0.4) is 0 Å². The number of carbonyl (C=O) groups is 2. The Morgan fingerprint density at radius 2 is 1.67 bits per heavy atom. The number of sulfonamides is 1. The molecule has 1 aliphatic heterocycles. The Morgan fingerprint density at radius 1 is 1.00 bits per heavy atom. The summed E-state index contributed by atoms with van der Waals surface area (Å²) in [6.07, 6.45) is 0.333. The lowest BCUT2D eigenvalue weighted by Crippen LogP contribution is -2.49. The van der Waals surface area contributed by atoms with Crippen molar-refractivity contribution in [2.45, 2.75) is 57.1 Å². The summed E-state index contributed by atoms with van der Waals surface area (Å²) in [5.74, 6) is -0.951. The van der Waals surface area contributed by atoms with Crippen molar-refractivity contribution in [1.29, 1.82) is 0 Å². The number of nitrogens with zero attached hydrogens (tertiary/aromatic N) is 2. The Hall–Kier alpha value is -3.46. The van der Waals surface area contributed by atoms with E-state index in [0.717, 1.165) is 5.39 Å². The molecule has 0 aliphatic carbocycles. The number of anilines is 1. The van der Waals surface area contributed by atoms with E-state index in [1.54, 1.807) is 37.3 Å². The fourth-order valence-corrected chi connectivity index (χ4v) is 6.24. The number of hydrogen-bond acceptors (Lipinski definition) is 4. The number of halogens is 1. The molecule has 0 unspecified atom stereocenters. The number of carbonyl (C=O) groups excluding carboxylic acids is 2. The molecule has 3 aromatic rings. The van der Waals surface area contributed by atoms with Crippen molar-refractivity contribution in [2.75, 3.05) is 10.8 Å². The van der Waals surface area contributed by atoms with Crippen LogP contribution in [0.25, 0.3) is 10.8 Å². The molecule has 1 aliphatic rings. The zero-order valence-corrected chi connectivity index (χ0v) is 21.4. The van der Waals surface area contributed by atoms with Crippen molar-refractivity contribution >= 4 is 38.3 Å². The fraction of sp³-hybridized carbons (Fsp3) is 0.333. The second-order valence-corrected chi connectivity index (χ2v) is 11.1. The van der Waals surface area contributed by atoms with Crippen molar-refractivity contribution in [3.05, 3.63) is 72.0 Å². The summed E-state index contributed by atoms with van der Waals surface area (Å²) in [6.45, 7) is 5.61. The maximum absolute atomic E-state index is 13.4. The molecule has 0 saturated carbocycles. The Bertz CT molecular complexity index is 1380. The zero-order chi connectivity index (χ0) is 26.0. The maximum atomic E-state index is 13.4. The number of hydrogen-bond donors (Lipinski definition) is 1. The van der Waals surface area contributed by atoms with Gasteiger partial charge in [-0.05, 0) is 62.4 Å². The molecule has 4 rings (SSSR count). The quantitative estimate of drug-likeness (QED) is 0.466. The van der Waals surface area contributed by atoms with E-state index >= 15 is 0 Å². The molecule has 0 radical (unpaired) electrons. The Kier molecular flexibility index (Phi) is 7.31. The number of benzene rings is 3. The standard InChI is InChI=1S/C27H30FN3O4S/c1-18(2)29-27(33)19(3)30(17-20-12-14-22(28)15-13-20)25(32)11-6-16-31-23-9-4-7-21-8-5-10-24(26(21)23)36(31,34)35/h4-5,7-10,12-15,18-19H,6,11,16-17H2,1-3H3,(H,29,33)/t19-/m0/s1. The minimum absolute atomic E-state index is 0.0544. The van der Waals surface area contributed by atoms with Gasteiger partial charge < -0.3 is 10.2 Å². The van der Waals surface area contributed by atoms with Crippen molar-refractivity contribution < 1.29 is 22.4 Å². The van der Waals surface area contributed by atoms with Gasteiger partial charge in [-0.1, -0.05) is 36.4 Å². The first-order valence-corrected chi connectivity index (χ1v) is 13.4. The molecule has 0 spiro atoms. The molecule has 36 heavy (non-hydrogen) atoms. The van der Waals surface area contributed by atoms with Gasteiger partial charge in [0.1, 0.15) is 11.9 Å². The third-order valence-corrected chi connectivity index (χ3v) is 8.15. The van der Waals surface area contributed by atoms with Crippen LogP contribution >= 0.6 is 0 Å². The second kappa shape index (κ2) is 10.3. The van der Waals surface area contributed by atoms with Crippen LogP contribution in [0.15, 0.2) is 65.6 Å². The predicted molar refractivity (Wildman–Crippen MR) is 137 cm³/mol. The van der Waals surface area contributed by atoms with E-state index in [-0.39, 0.29) is 54.5 Å². The van der Waals surface area contributed by atoms with Crippen LogP contribution in [0.2, 0.25) is 0 Å². The Balaban J connectivity index is 1.49. The van der Waals surface area contributed by atoms with E-state index < -0.39 is 16.1 Å². The summed E-state index contributed by atoms with van der Waals surface area (Å²) in [7, 11) is -3.70. The topological polar surface area (TPSA) is 86.8 Å². The average molecular weight is 512 g/mol. The monoisotopic (exact) mass is 511 g/mol. The molecule has 7 nitrogen and oxygen atoms in total. The third kappa shape index (κ3) is 5.06. The summed E-state index contributed by atoms with van der Waals surface area (Å²) < 4.78 is 41.1. The highest BCUT2D eigenvalue weighted by molar-refractivity contribution is 7.93. The zero-order valence-electron chi connectivity index (χ0n) is 20.6. The van der Waals surface area contributed by atoms with Gasteiger partial charge in [-0.2, -0.15) is 0 Å². The van der Waals surface area contributed by atoms with Crippen molar-refractivity contribution in [1.82, 2.24) is 10.2 Å². The van der Waals surface area contributed by atoms with Crippen LogP contribution in [0.1, 0.15) is 39.2 Å². The van der Waals surface area contributed by atoms with Gasteiger partial charge >= 0.3 is 0 Å². The Labute approximate surface area is 210 Å². The maximum Gasteiger partial charge on any atom is 0.265 e. The van der Waals surface area contributed by atoms with Crippen LogP contribution < -0.4 is 9.62 Å². The third-order valence-electron chi connectivity index (χ3n) is 6.30. The lowest BCUT2D eigenvalue weighted by atomic mass is 10.1. The lowest BCUT2D eigenvalue weighted by Gasteiger charge is -2.29. The van der Waals surface area contributed by atoms with Gasteiger partial charge in [0.15, 0.2) is 0 Å². The summed E-state index contributed by atoms with van der Waals surface area (Å²) in [5, 5.41) is 4.37. The normalized spacial score (nSPS) is 14.8. The molecule has 2 amide bonds. The Morgan fingerprint density at radius 3 is 2.33 bits per heavy atom. The molecule has 3 aromatic carbocycles. The number of nitrogens with one attached hydrogen (secondary N) is 1. The number of amides is 2. The van der Waals surface area contributed by atoms with Crippen LogP contribution in [0.5, 0.6) is 0 Å². The van der Waals surface area contributed by atoms with E-state index in [1.165, 1.54) is 21.3 Å². The molecule has 0 bridgehead atoms. The SMILES string of the molecule is CC(C)NC(=O)[C@H](C)N(Cc1ccc(F)cc1)C(=O)CCCN1c2cccc3cccc(c23)S1(=O)=O. The summed E-state index contributed by atoms with van der Waals surface area (Å²) in [6, 6.07) is 15.6. The lowest BCUT2D eigenvalue weighted by molar-refractivity contribution is -0.140. The van der Waals surface area contributed by atoms with E-state index in [2.05, 4.69) is 5.32 Å². The highest BCUT2D eigenvalue weighted by atomic mass is 32.2. The first-order valence-electron chi connectivity index (χ1n) is 12.0. The molecule has 190 valence electrons. The molecule has 0 saturated heterocycles. The molecule has 1 N–H and O–H groups in total. The predicted octanol–water partition coefficient (Wildman–Crippen LogP) is 4.21. The van der Waals surface area contributed by atoms with Crippen molar-refractivity contribution in [3.63, 3.8) is 0 Å². The first kappa shape index (κ1) is 25.6. The molecule has 1 heterocycles. The van der Waals surface area contributed by atoms with Crippen molar-refractivity contribution in [3.8, 4) is 0 Å². The summed E-state index contributed by atoms with van der Waals surface area (Å²) in [5.41, 5.74) is 1.31. The highest BCUT2D eigenvalue weighted by Crippen LogP contribution is 2.42. The van der Waals surface area contributed by atoms with E-state index in [4.69, 9.17) is 0 Å². The second-order valence-electron chi connectivity index (χ2n) is 9.30. The van der Waals surface area contributed by atoms with Gasteiger partial charge in [0.25, 0.3) is 10.0 Å². The van der Waals surface area contributed by atoms with Crippen LogP contribution in [-0.2, 0) is 26.2 Å². The van der Waals surface area contributed by atoms with Gasteiger partial charge in [-0.3, -0.25) is 13.9 Å². The van der Waals surface area contributed by atoms with Gasteiger partial charge in [-0.15, -0.1) is 0 Å². The van der Waals surface area contributed by atoms with Crippen LogP contribution in [0, 0.1) is 5.82 Å².